The number of ether oxygens (including phenoxy) is 6. The molecule has 2 aromatic carbocycles. The molecule has 0 saturated carbocycles. The number of hydrogen-bond donors (Lipinski definition) is 2. The summed E-state index contributed by atoms with van der Waals surface area (Å²) in [6.45, 7) is 13.3. The number of carbonyl (C=O) groups is 2. The van der Waals surface area contributed by atoms with Crippen LogP contribution in [0.2, 0.25) is 0 Å². The van der Waals surface area contributed by atoms with Crippen LogP contribution in [0.15, 0.2) is 61.7 Å². The molecule has 10 nitrogen and oxygen atoms in total. The molecular formula is C31H40O10. The van der Waals surface area contributed by atoms with E-state index in [1.54, 1.807) is 38.1 Å². The summed E-state index contributed by atoms with van der Waals surface area (Å²) in [5, 5.41) is 18.9. The van der Waals surface area contributed by atoms with Crippen molar-refractivity contribution in [1.82, 2.24) is 0 Å². The Hall–Kier alpha value is -3.70. The third-order valence-electron chi connectivity index (χ3n) is 5.59. The van der Waals surface area contributed by atoms with Crippen LogP contribution in [-0.2, 0) is 19.1 Å². The Morgan fingerprint density at radius 1 is 0.756 bits per heavy atom. The van der Waals surface area contributed by atoms with Crippen molar-refractivity contribution in [3.8, 4) is 23.0 Å². The fraction of sp³-hybridized carbons (Fsp3) is 0.419. The normalized spacial score (nSPS) is 13.0. The number of rotatable bonds is 19. The highest BCUT2D eigenvalue weighted by molar-refractivity contribution is 5.84. The summed E-state index contributed by atoms with van der Waals surface area (Å²) >= 11 is 0. The summed E-state index contributed by atoms with van der Waals surface area (Å²) in [4.78, 5) is 23.6. The van der Waals surface area contributed by atoms with Crippen LogP contribution < -0.4 is 18.9 Å². The molecule has 2 aromatic rings. The topological polar surface area (TPSA) is 130 Å². The quantitative estimate of drug-likeness (QED) is 0.110. The fourth-order valence-corrected chi connectivity index (χ4v) is 3.83. The highest BCUT2D eigenvalue weighted by atomic mass is 16.5. The van der Waals surface area contributed by atoms with E-state index in [0.29, 0.717) is 17.9 Å². The predicted molar refractivity (Wildman–Crippen MR) is 153 cm³/mol. The van der Waals surface area contributed by atoms with Gasteiger partial charge in [0, 0.05) is 41.3 Å². The first-order chi connectivity index (χ1) is 19.7. The highest BCUT2D eigenvalue weighted by Gasteiger charge is 2.23. The van der Waals surface area contributed by atoms with E-state index >= 15 is 0 Å². The van der Waals surface area contributed by atoms with Crippen molar-refractivity contribution in [2.75, 3.05) is 39.6 Å². The van der Waals surface area contributed by atoms with E-state index in [2.05, 4.69) is 13.2 Å². The SMILES string of the molecule is C=CC(=O)Oc1ccc(C(CC)c2ccc(OC(=O)C=C)cc2OCCOCC(C)O)c(OCCOCC(C)O)c1. The molecule has 2 unspecified atom stereocenters. The standard InChI is InChI=1S/C31H40O10/c1-6-25(26-11-9-23(40-30(34)7-2)17-28(26)38-15-13-36-19-21(4)32)27-12-10-24(41-31(35)8-3)18-29(27)39-16-14-37-20-22(5)33/h7-12,17-18,21-22,25,32-33H,2-3,6,13-16,19-20H2,1,4-5H3. The van der Waals surface area contributed by atoms with Gasteiger partial charge in [-0.2, -0.15) is 0 Å². The molecule has 0 radical (unpaired) electrons. The van der Waals surface area contributed by atoms with Crippen molar-refractivity contribution in [2.24, 2.45) is 0 Å². The van der Waals surface area contributed by atoms with Crippen LogP contribution in [0.1, 0.15) is 44.2 Å². The van der Waals surface area contributed by atoms with Crippen LogP contribution in [0.5, 0.6) is 23.0 Å². The van der Waals surface area contributed by atoms with E-state index in [1.165, 1.54) is 0 Å². The molecule has 2 N–H and O–H groups in total. The van der Waals surface area contributed by atoms with Crippen molar-refractivity contribution >= 4 is 11.9 Å². The molecule has 0 aliphatic heterocycles. The third-order valence-corrected chi connectivity index (χ3v) is 5.59. The van der Waals surface area contributed by atoms with Crippen LogP contribution in [0.3, 0.4) is 0 Å². The Labute approximate surface area is 241 Å². The van der Waals surface area contributed by atoms with Gasteiger partial charge >= 0.3 is 11.9 Å². The van der Waals surface area contributed by atoms with Crippen molar-refractivity contribution < 1.29 is 48.2 Å². The lowest BCUT2D eigenvalue weighted by Gasteiger charge is -2.23. The van der Waals surface area contributed by atoms with Gasteiger partial charge in [-0.15, -0.1) is 0 Å². The lowest BCUT2D eigenvalue weighted by Crippen LogP contribution is -2.16. The Balaban J connectivity index is 2.42. The Bertz CT molecular complexity index is 1050. The molecule has 2 rings (SSSR count). The summed E-state index contributed by atoms with van der Waals surface area (Å²) in [6.07, 6.45) is 1.59. The molecule has 0 saturated heterocycles. The van der Waals surface area contributed by atoms with Gasteiger partial charge in [-0.05, 0) is 32.4 Å². The Morgan fingerprint density at radius 3 is 1.51 bits per heavy atom. The molecule has 0 aliphatic carbocycles. The third kappa shape index (κ3) is 11.7. The molecule has 10 heteroatoms. The van der Waals surface area contributed by atoms with Crippen molar-refractivity contribution in [3.63, 3.8) is 0 Å². The van der Waals surface area contributed by atoms with Gasteiger partial charge in [0.25, 0.3) is 0 Å². The number of carbonyl (C=O) groups excluding carboxylic acids is 2. The molecule has 2 atom stereocenters. The molecule has 0 amide bonds. The first kappa shape index (κ1) is 33.5. The minimum absolute atomic E-state index is 0.176. The monoisotopic (exact) mass is 572 g/mol. The van der Waals surface area contributed by atoms with Gasteiger partial charge in [0.2, 0.25) is 0 Å². The molecule has 224 valence electrons. The number of esters is 2. The van der Waals surface area contributed by atoms with Gasteiger partial charge in [0.1, 0.15) is 36.2 Å². The molecule has 0 aliphatic rings. The van der Waals surface area contributed by atoms with Crippen molar-refractivity contribution in [1.29, 1.82) is 0 Å². The largest absolute Gasteiger partial charge is 0.491 e. The lowest BCUT2D eigenvalue weighted by molar-refractivity contribution is -0.129. The zero-order valence-corrected chi connectivity index (χ0v) is 23.9. The maximum atomic E-state index is 11.8. The van der Waals surface area contributed by atoms with Crippen LogP contribution >= 0.6 is 0 Å². The van der Waals surface area contributed by atoms with E-state index in [4.69, 9.17) is 28.4 Å². The maximum Gasteiger partial charge on any atom is 0.335 e. The molecule has 0 fully saturated rings. The van der Waals surface area contributed by atoms with Crippen molar-refractivity contribution in [3.05, 3.63) is 72.8 Å². The second-order valence-electron chi connectivity index (χ2n) is 9.16. The molecule has 0 heterocycles. The first-order valence-corrected chi connectivity index (χ1v) is 13.4. The Kier molecular flexibility index (Phi) is 14.6. The molecule has 41 heavy (non-hydrogen) atoms. The van der Waals surface area contributed by atoms with Crippen LogP contribution in [-0.4, -0.2) is 74.0 Å². The van der Waals surface area contributed by atoms with Crippen LogP contribution in [0.4, 0.5) is 0 Å². The molecular weight excluding hydrogens is 532 g/mol. The van der Waals surface area contributed by atoms with E-state index < -0.39 is 24.1 Å². The summed E-state index contributed by atoms with van der Waals surface area (Å²) in [5.41, 5.74) is 1.60. The van der Waals surface area contributed by atoms with Gasteiger partial charge in [0.05, 0.1) is 38.6 Å². The summed E-state index contributed by atoms with van der Waals surface area (Å²) in [6, 6.07) is 10.2. The van der Waals surface area contributed by atoms with Gasteiger partial charge in [-0.1, -0.05) is 32.2 Å². The van der Waals surface area contributed by atoms with E-state index in [1.807, 2.05) is 19.1 Å². The average molecular weight is 573 g/mol. The van der Waals surface area contributed by atoms with Gasteiger partial charge < -0.3 is 38.6 Å². The predicted octanol–water partition coefficient (Wildman–Crippen LogP) is 3.96. The zero-order chi connectivity index (χ0) is 30.2. The number of benzene rings is 2. The van der Waals surface area contributed by atoms with E-state index in [9.17, 15) is 19.8 Å². The smallest absolute Gasteiger partial charge is 0.335 e. The lowest BCUT2D eigenvalue weighted by atomic mass is 9.87. The maximum absolute atomic E-state index is 11.8. The van der Waals surface area contributed by atoms with E-state index in [-0.39, 0.29) is 57.1 Å². The van der Waals surface area contributed by atoms with Crippen LogP contribution in [0.25, 0.3) is 0 Å². The number of hydrogen-bond acceptors (Lipinski definition) is 10. The molecule has 0 spiro atoms. The number of aliphatic hydroxyl groups is 2. The number of aliphatic hydroxyl groups excluding tert-OH is 2. The second kappa shape index (κ2) is 17.9. The first-order valence-electron chi connectivity index (χ1n) is 13.4. The molecule has 0 bridgehead atoms. The zero-order valence-electron chi connectivity index (χ0n) is 23.9. The minimum Gasteiger partial charge on any atom is -0.491 e. The summed E-state index contributed by atoms with van der Waals surface area (Å²) in [7, 11) is 0. The van der Waals surface area contributed by atoms with E-state index in [0.717, 1.165) is 23.3 Å². The summed E-state index contributed by atoms with van der Waals surface area (Å²) < 4.78 is 33.6. The molecule has 0 aromatic heterocycles. The van der Waals surface area contributed by atoms with Gasteiger partial charge in [-0.25, -0.2) is 9.59 Å². The average Bonchev–Trinajstić information content (AvgIpc) is 2.94. The minimum atomic E-state index is -0.603. The van der Waals surface area contributed by atoms with Gasteiger partial charge in [-0.3, -0.25) is 0 Å². The van der Waals surface area contributed by atoms with Crippen LogP contribution in [0, 0.1) is 0 Å². The highest BCUT2D eigenvalue weighted by Crippen LogP contribution is 2.41. The fourth-order valence-electron chi connectivity index (χ4n) is 3.83. The second-order valence-corrected chi connectivity index (χ2v) is 9.16. The van der Waals surface area contributed by atoms with Crippen molar-refractivity contribution in [2.45, 2.75) is 45.3 Å². The van der Waals surface area contributed by atoms with Gasteiger partial charge in [0.15, 0.2) is 0 Å². The Morgan fingerprint density at radius 2 is 1.17 bits per heavy atom. The summed E-state index contributed by atoms with van der Waals surface area (Å²) in [5.74, 6) is 0.0764.